The third kappa shape index (κ3) is 6.17. The molecule has 19 heavy (non-hydrogen) atoms. The molecule has 0 bridgehead atoms. The Bertz CT molecular complexity index is 445. The molecule has 7 heteroatoms. The Morgan fingerprint density at radius 2 is 1.68 bits per heavy atom. The van der Waals surface area contributed by atoms with E-state index in [-0.39, 0.29) is 109 Å². The molecule has 0 saturated carbocycles. The number of rotatable bonds is 3. The van der Waals surface area contributed by atoms with Gasteiger partial charge in [-0.3, -0.25) is 19.8 Å². The van der Waals surface area contributed by atoms with Gasteiger partial charge in [-0.1, -0.05) is 30.3 Å². The largest absolute Gasteiger partial charge is 0.330 e. The van der Waals surface area contributed by atoms with Gasteiger partial charge in [-0.2, -0.15) is 0 Å². The van der Waals surface area contributed by atoms with Crippen LogP contribution < -0.4 is 5.32 Å². The molecule has 1 aromatic carbocycles. The van der Waals surface area contributed by atoms with E-state index in [1.165, 1.54) is 0 Å². The van der Waals surface area contributed by atoms with Gasteiger partial charge in [0.2, 0.25) is 11.8 Å². The van der Waals surface area contributed by atoms with Crippen molar-refractivity contribution < 1.29 is 14.4 Å². The minimum Gasteiger partial charge on any atom is -0.277 e. The van der Waals surface area contributed by atoms with Crippen molar-refractivity contribution in [3.05, 3.63) is 35.9 Å². The molecule has 0 unspecified atom stereocenters. The number of hydrogen-bond acceptors (Lipinski definition) is 3. The fourth-order valence-electron chi connectivity index (χ4n) is 1.69. The molecule has 90 valence electrons. The number of nitrogens with one attached hydrogen (secondary N) is 1. The summed E-state index contributed by atoms with van der Waals surface area (Å²) in [7, 11) is 0. The van der Waals surface area contributed by atoms with Crippen LogP contribution in [0.25, 0.3) is 0 Å². The molecule has 0 spiro atoms. The fraction of sp³-hybridized carbons (Fsp3) is 0.250. The smallest absolute Gasteiger partial charge is 0.277 e. The molecular formula is C12H12K2N2O3. The number of urea groups is 1. The average Bonchev–Trinajstić information content (AvgIpc) is 2.29. The van der Waals surface area contributed by atoms with Crippen LogP contribution in [0.1, 0.15) is 12.0 Å². The van der Waals surface area contributed by atoms with Gasteiger partial charge in [0.25, 0.3) is 0 Å². The van der Waals surface area contributed by atoms with E-state index < -0.39 is 17.8 Å². The predicted molar refractivity (Wildman–Crippen MR) is 71.5 cm³/mol. The van der Waals surface area contributed by atoms with Crippen LogP contribution in [0, 0.1) is 0 Å². The van der Waals surface area contributed by atoms with E-state index in [1.807, 2.05) is 30.3 Å². The Labute approximate surface area is 196 Å². The summed E-state index contributed by atoms with van der Waals surface area (Å²) in [6.07, 6.45) is 0.342. The molecule has 4 amide bonds. The average molecular weight is 310 g/mol. The van der Waals surface area contributed by atoms with Crippen LogP contribution in [-0.4, -0.2) is 132 Å². The van der Waals surface area contributed by atoms with Crippen molar-refractivity contribution in [2.75, 3.05) is 6.54 Å². The van der Waals surface area contributed by atoms with E-state index in [2.05, 4.69) is 5.32 Å². The maximum atomic E-state index is 11.5. The van der Waals surface area contributed by atoms with Gasteiger partial charge in [-0.05, 0) is 12.0 Å². The van der Waals surface area contributed by atoms with Crippen molar-refractivity contribution in [1.82, 2.24) is 10.2 Å². The molecule has 1 aliphatic rings. The first-order valence-electron chi connectivity index (χ1n) is 5.35. The summed E-state index contributed by atoms with van der Waals surface area (Å²) >= 11 is 0. The van der Waals surface area contributed by atoms with Crippen LogP contribution in [0.5, 0.6) is 0 Å². The maximum absolute atomic E-state index is 11.5. The van der Waals surface area contributed by atoms with E-state index >= 15 is 0 Å². The maximum Gasteiger partial charge on any atom is 0.330 e. The third-order valence-corrected chi connectivity index (χ3v) is 2.57. The van der Waals surface area contributed by atoms with E-state index in [9.17, 15) is 14.4 Å². The zero-order chi connectivity index (χ0) is 12.3. The van der Waals surface area contributed by atoms with Crippen molar-refractivity contribution in [2.45, 2.75) is 12.8 Å². The summed E-state index contributed by atoms with van der Waals surface area (Å²) in [5.74, 6) is -0.967. The van der Waals surface area contributed by atoms with Crippen LogP contribution in [0.4, 0.5) is 4.79 Å². The summed E-state index contributed by atoms with van der Waals surface area (Å²) in [6.45, 7) is 0.294. The van der Waals surface area contributed by atoms with Crippen molar-refractivity contribution in [3.8, 4) is 0 Å². The van der Waals surface area contributed by atoms with Crippen LogP contribution in [-0.2, 0) is 16.0 Å². The van der Waals surface area contributed by atoms with Gasteiger partial charge in [0, 0.05) is 109 Å². The normalized spacial score (nSPS) is 14.3. The second-order valence-corrected chi connectivity index (χ2v) is 3.81. The summed E-state index contributed by atoms with van der Waals surface area (Å²) in [5.41, 5.74) is 1.05. The summed E-state index contributed by atoms with van der Waals surface area (Å²) in [5, 5.41) is 2.12. The summed E-state index contributed by atoms with van der Waals surface area (Å²) < 4.78 is 0. The monoisotopic (exact) mass is 310 g/mol. The molecule has 2 rings (SSSR count). The van der Waals surface area contributed by atoms with Gasteiger partial charge >= 0.3 is 6.03 Å². The molecule has 1 aliphatic heterocycles. The molecule has 0 aromatic heterocycles. The minimum atomic E-state index is -0.623. The Hall–Kier alpha value is 1.10. The van der Waals surface area contributed by atoms with Crippen LogP contribution >= 0.6 is 0 Å². The van der Waals surface area contributed by atoms with E-state index in [1.54, 1.807) is 0 Å². The van der Waals surface area contributed by atoms with Gasteiger partial charge in [0.05, 0.1) is 0 Å². The first-order chi connectivity index (χ1) is 8.16. The number of carbonyl (C=O) groups is 3. The van der Waals surface area contributed by atoms with Gasteiger partial charge in [0.15, 0.2) is 0 Å². The minimum absolute atomic E-state index is 0. The molecule has 1 fully saturated rings. The Morgan fingerprint density at radius 1 is 1.05 bits per heavy atom. The number of imide groups is 2. The number of carbonyl (C=O) groups excluding carboxylic acids is 3. The SMILES string of the molecule is O=C1CC(=O)N(CCc2ccccc2)C(=O)N1.[K].[K]. The number of hydrogen-bond donors (Lipinski definition) is 1. The molecule has 5 nitrogen and oxygen atoms in total. The number of benzene rings is 1. The van der Waals surface area contributed by atoms with Crippen molar-refractivity contribution >= 4 is 121 Å². The molecule has 1 N–H and O–H groups in total. The Kier molecular flexibility index (Phi) is 10.5. The van der Waals surface area contributed by atoms with Crippen LogP contribution in [0.15, 0.2) is 30.3 Å². The molecule has 0 atom stereocenters. The number of barbiturate groups is 1. The molecule has 1 heterocycles. The van der Waals surface area contributed by atoms with Gasteiger partial charge in [-0.25, -0.2) is 4.79 Å². The zero-order valence-electron chi connectivity index (χ0n) is 11.2. The molecule has 2 radical (unpaired) electrons. The van der Waals surface area contributed by atoms with Crippen molar-refractivity contribution in [3.63, 3.8) is 0 Å². The van der Waals surface area contributed by atoms with E-state index in [0.29, 0.717) is 13.0 Å². The van der Waals surface area contributed by atoms with E-state index in [4.69, 9.17) is 0 Å². The third-order valence-electron chi connectivity index (χ3n) is 2.57. The van der Waals surface area contributed by atoms with Gasteiger partial charge in [-0.15, -0.1) is 0 Å². The van der Waals surface area contributed by atoms with E-state index in [0.717, 1.165) is 10.5 Å². The summed E-state index contributed by atoms with van der Waals surface area (Å²) in [4.78, 5) is 34.9. The number of amides is 4. The van der Waals surface area contributed by atoms with Gasteiger partial charge in [0.1, 0.15) is 6.42 Å². The van der Waals surface area contributed by atoms with Gasteiger partial charge < -0.3 is 0 Å². The van der Waals surface area contributed by atoms with Crippen LogP contribution in [0.3, 0.4) is 0 Å². The zero-order valence-corrected chi connectivity index (χ0v) is 17.4. The summed E-state index contributed by atoms with van der Waals surface area (Å²) in [6, 6.07) is 8.94. The Balaban J connectivity index is 0.00000162. The van der Waals surface area contributed by atoms with Crippen molar-refractivity contribution in [2.24, 2.45) is 0 Å². The topological polar surface area (TPSA) is 66.5 Å². The fourth-order valence-corrected chi connectivity index (χ4v) is 1.69. The van der Waals surface area contributed by atoms with Crippen LogP contribution in [0.2, 0.25) is 0 Å². The number of nitrogens with zero attached hydrogens (tertiary/aromatic N) is 1. The second kappa shape index (κ2) is 9.93. The molecule has 0 aliphatic carbocycles. The molecular weight excluding hydrogens is 298 g/mol. The van der Waals surface area contributed by atoms with Crippen molar-refractivity contribution in [1.29, 1.82) is 0 Å². The first-order valence-corrected chi connectivity index (χ1v) is 5.35. The molecule has 1 saturated heterocycles. The predicted octanol–water partition coefficient (Wildman–Crippen LogP) is -0.0640. The standard InChI is InChI=1S/C12H12N2O3.2K/c15-10-8-11(16)14(12(17)13-10)7-6-9-4-2-1-3-5-9;;/h1-5H,6-8H2,(H,13,15,17);;. The first kappa shape index (κ1) is 20.1. The second-order valence-electron chi connectivity index (χ2n) is 3.81. The quantitative estimate of drug-likeness (QED) is 0.628. The molecule has 1 aromatic rings. The Morgan fingerprint density at radius 3 is 2.26 bits per heavy atom.